The van der Waals surface area contributed by atoms with Gasteiger partial charge in [-0.3, -0.25) is 11.3 Å². The van der Waals surface area contributed by atoms with E-state index in [1.807, 2.05) is 42.5 Å². The molecular weight excluding hydrogens is 279 g/mol. The van der Waals surface area contributed by atoms with E-state index in [0.717, 1.165) is 22.0 Å². The van der Waals surface area contributed by atoms with Crippen LogP contribution in [0.3, 0.4) is 0 Å². The molecule has 2 rings (SSSR count). The molecule has 0 saturated heterocycles. The van der Waals surface area contributed by atoms with Crippen LogP contribution in [0.2, 0.25) is 10.0 Å². The van der Waals surface area contributed by atoms with E-state index in [1.54, 1.807) is 0 Å². The van der Waals surface area contributed by atoms with Crippen molar-refractivity contribution in [2.24, 2.45) is 5.84 Å². The molecule has 2 nitrogen and oxygen atoms in total. The first-order chi connectivity index (χ1) is 9.10. The molecule has 0 heterocycles. The smallest absolute Gasteiger partial charge is 0.0503 e. The molecule has 100 valence electrons. The quantitative estimate of drug-likeness (QED) is 0.659. The third-order valence-electron chi connectivity index (χ3n) is 3.17. The lowest BCUT2D eigenvalue weighted by Crippen LogP contribution is -2.30. The summed E-state index contributed by atoms with van der Waals surface area (Å²) in [6, 6.07) is 13.7. The highest BCUT2D eigenvalue weighted by Crippen LogP contribution is 2.25. The molecule has 0 aromatic heterocycles. The van der Waals surface area contributed by atoms with Gasteiger partial charge in [-0.05, 0) is 54.3 Å². The van der Waals surface area contributed by atoms with E-state index < -0.39 is 0 Å². The number of hydrogen-bond donors (Lipinski definition) is 2. The van der Waals surface area contributed by atoms with Crippen molar-refractivity contribution >= 4 is 23.2 Å². The minimum atomic E-state index is 0.0277. The van der Waals surface area contributed by atoms with Crippen molar-refractivity contribution in [3.05, 3.63) is 69.2 Å². The topological polar surface area (TPSA) is 38.0 Å². The van der Waals surface area contributed by atoms with Crippen molar-refractivity contribution in [2.75, 3.05) is 0 Å². The van der Waals surface area contributed by atoms with E-state index in [-0.39, 0.29) is 6.04 Å². The Labute approximate surface area is 123 Å². The molecule has 2 aromatic rings. The summed E-state index contributed by atoms with van der Waals surface area (Å²) in [7, 11) is 0. The molecule has 0 aliphatic heterocycles. The molecule has 0 fully saturated rings. The molecule has 0 spiro atoms. The summed E-state index contributed by atoms with van der Waals surface area (Å²) in [5.74, 6) is 5.68. The van der Waals surface area contributed by atoms with Crippen LogP contribution in [0.4, 0.5) is 0 Å². The summed E-state index contributed by atoms with van der Waals surface area (Å²) in [5.41, 5.74) is 6.31. The van der Waals surface area contributed by atoms with Gasteiger partial charge in [0.2, 0.25) is 0 Å². The number of nitrogens with two attached hydrogens (primary N) is 1. The Morgan fingerprint density at radius 3 is 2.32 bits per heavy atom. The van der Waals surface area contributed by atoms with Crippen molar-refractivity contribution in [3.63, 3.8) is 0 Å². The largest absolute Gasteiger partial charge is 0.271 e. The Kier molecular flexibility index (Phi) is 4.83. The third kappa shape index (κ3) is 3.71. The highest BCUT2D eigenvalue weighted by atomic mass is 35.5. The minimum Gasteiger partial charge on any atom is -0.271 e. The van der Waals surface area contributed by atoms with Gasteiger partial charge in [-0.15, -0.1) is 0 Å². The molecule has 0 saturated carbocycles. The minimum absolute atomic E-state index is 0.0277. The van der Waals surface area contributed by atoms with Gasteiger partial charge in [-0.1, -0.05) is 41.4 Å². The van der Waals surface area contributed by atoms with Crippen LogP contribution in [0.25, 0.3) is 0 Å². The summed E-state index contributed by atoms with van der Waals surface area (Å²) < 4.78 is 0. The van der Waals surface area contributed by atoms with Crippen molar-refractivity contribution in [1.82, 2.24) is 5.43 Å². The van der Waals surface area contributed by atoms with Crippen LogP contribution in [0.15, 0.2) is 42.5 Å². The zero-order valence-electron chi connectivity index (χ0n) is 10.7. The van der Waals surface area contributed by atoms with Crippen molar-refractivity contribution in [1.29, 1.82) is 0 Å². The fraction of sp³-hybridized carbons (Fsp3) is 0.200. The Morgan fingerprint density at radius 2 is 1.68 bits per heavy atom. The highest BCUT2D eigenvalue weighted by molar-refractivity contribution is 6.30. The first kappa shape index (κ1) is 14.4. The van der Waals surface area contributed by atoms with Gasteiger partial charge < -0.3 is 0 Å². The van der Waals surface area contributed by atoms with Crippen LogP contribution in [-0.2, 0) is 6.42 Å². The van der Waals surface area contributed by atoms with E-state index in [9.17, 15) is 0 Å². The third-order valence-corrected chi connectivity index (χ3v) is 3.66. The van der Waals surface area contributed by atoms with E-state index in [4.69, 9.17) is 29.0 Å². The van der Waals surface area contributed by atoms with Gasteiger partial charge in [0.05, 0.1) is 6.04 Å². The van der Waals surface area contributed by atoms with Crippen molar-refractivity contribution in [3.8, 4) is 0 Å². The zero-order valence-corrected chi connectivity index (χ0v) is 12.2. The van der Waals surface area contributed by atoms with Crippen LogP contribution >= 0.6 is 23.2 Å². The van der Waals surface area contributed by atoms with Gasteiger partial charge >= 0.3 is 0 Å². The molecule has 0 radical (unpaired) electrons. The summed E-state index contributed by atoms with van der Waals surface area (Å²) in [5, 5.41) is 1.46. The Hall–Kier alpha value is -1.06. The summed E-state index contributed by atoms with van der Waals surface area (Å²) in [4.78, 5) is 0. The average molecular weight is 295 g/mol. The average Bonchev–Trinajstić information content (AvgIpc) is 2.41. The molecule has 19 heavy (non-hydrogen) atoms. The van der Waals surface area contributed by atoms with Crippen LogP contribution in [-0.4, -0.2) is 0 Å². The predicted molar refractivity (Wildman–Crippen MR) is 81.4 cm³/mol. The van der Waals surface area contributed by atoms with Gasteiger partial charge in [0, 0.05) is 10.0 Å². The molecule has 1 atom stereocenters. The van der Waals surface area contributed by atoms with Crippen LogP contribution < -0.4 is 11.3 Å². The van der Waals surface area contributed by atoms with E-state index >= 15 is 0 Å². The number of hydrogen-bond acceptors (Lipinski definition) is 2. The number of nitrogens with one attached hydrogen (secondary N) is 1. The Bertz CT molecular complexity index is 553. The van der Waals surface area contributed by atoms with Gasteiger partial charge in [-0.2, -0.15) is 0 Å². The fourth-order valence-electron chi connectivity index (χ4n) is 2.10. The number of benzene rings is 2. The number of halogens is 2. The SMILES string of the molecule is Cc1ccc(Cl)cc1C(Cc1ccc(Cl)cc1)NN. The Balaban J connectivity index is 2.24. The molecule has 0 amide bonds. The number of aryl methyl sites for hydroxylation is 1. The summed E-state index contributed by atoms with van der Waals surface area (Å²) in [6.45, 7) is 2.05. The molecular formula is C15H16Cl2N2. The van der Waals surface area contributed by atoms with Crippen molar-refractivity contribution in [2.45, 2.75) is 19.4 Å². The lowest BCUT2D eigenvalue weighted by atomic mass is 9.96. The van der Waals surface area contributed by atoms with Crippen LogP contribution in [0.1, 0.15) is 22.7 Å². The maximum Gasteiger partial charge on any atom is 0.0503 e. The maximum absolute atomic E-state index is 6.06. The summed E-state index contributed by atoms with van der Waals surface area (Å²) in [6.07, 6.45) is 0.787. The first-order valence-electron chi connectivity index (χ1n) is 6.07. The lowest BCUT2D eigenvalue weighted by molar-refractivity contribution is 0.549. The van der Waals surface area contributed by atoms with Crippen LogP contribution in [0, 0.1) is 6.92 Å². The molecule has 1 unspecified atom stereocenters. The van der Waals surface area contributed by atoms with E-state index in [0.29, 0.717) is 0 Å². The zero-order chi connectivity index (χ0) is 13.8. The maximum atomic E-state index is 6.06. The second-order valence-corrected chi connectivity index (χ2v) is 5.42. The second-order valence-electron chi connectivity index (χ2n) is 4.55. The molecule has 0 aliphatic carbocycles. The highest BCUT2D eigenvalue weighted by Gasteiger charge is 2.13. The molecule has 3 N–H and O–H groups in total. The second kappa shape index (κ2) is 6.40. The summed E-state index contributed by atoms with van der Waals surface area (Å²) >= 11 is 11.9. The van der Waals surface area contributed by atoms with Gasteiger partial charge in [0.15, 0.2) is 0 Å². The predicted octanol–water partition coefficient (Wildman–Crippen LogP) is 4.05. The molecule has 4 heteroatoms. The van der Waals surface area contributed by atoms with E-state index in [2.05, 4.69) is 12.3 Å². The Morgan fingerprint density at radius 1 is 1.05 bits per heavy atom. The van der Waals surface area contributed by atoms with Crippen LogP contribution in [0.5, 0.6) is 0 Å². The molecule has 0 aliphatic rings. The van der Waals surface area contributed by atoms with Gasteiger partial charge in [0.25, 0.3) is 0 Å². The van der Waals surface area contributed by atoms with Gasteiger partial charge in [0.1, 0.15) is 0 Å². The number of hydrazine groups is 1. The first-order valence-corrected chi connectivity index (χ1v) is 6.82. The number of rotatable bonds is 4. The monoisotopic (exact) mass is 294 g/mol. The fourth-order valence-corrected chi connectivity index (χ4v) is 2.41. The molecule has 0 bridgehead atoms. The normalized spacial score (nSPS) is 12.4. The molecule has 2 aromatic carbocycles. The van der Waals surface area contributed by atoms with Crippen molar-refractivity contribution < 1.29 is 0 Å². The lowest BCUT2D eigenvalue weighted by Gasteiger charge is -2.19. The standard InChI is InChI=1S/C15H16Cl2N2/c1-10-2-5-13(17)9-14(10)15(19-18)8-11-3-6-12(16)7-4-11/h2-7,9,15,19H,8,18H2,1H3. The van der Waals surface area contributed by atoms with E-state index in [1.165, 1.54) is 11.1 Å². The van der Waals surface area contributed by atoms with Gasteiger partial charge in [-0.25, -0.2) is 0 Å².